The quantitative estimate of drug-likeness (QED) is 0.138. The third-order valence-electron chi connectivity index (χ3n) is 5.60. The number of nitro groups is 1. The van der Waals surface area contributed by atoms with E-state index >= 15 is 0 Å². The highest BCUT2D eigenvalue weighted by Gasteiger charge is 2.17. The second-order valence-electron chi connectivity index (χ2n) is 7.93. The van der Waals surface area contributed by atoms with E-state index < -0.39 is 4.92 Å². The van der Waals surface area contributed by atoms with Gasteiger partial charge < -0.3 is 4.52 Å². The lowest BCUT2D eigenvalue weighted by molar-refractivity contribution is -0.384. The van der Waals surface area contributed by atoms with Gasteiger partial charge in [0.2, 0.25) is 11.7 Å². The van der Waals surface area contributed by atoms with E-state index in [2.05, 4.69) is 10.1 Å². The molecule has 0 bridgehead atoms. The van der Waals surface area contributed by atoms with Crippen LogP contribution in [0.5, 0.6) is 0 Å². The Bertz CT molecular complexity index is 1640. The summed E-state index contributed by atoms with van der Waals surface area (Å²) >= 11 is 1.30. The number of nitrogens with zero attached hydrogens (tertiary/aromatic N) is 5. The zero-order valence-electron chi connectivity index (χ0n) is 18.8. The molecule has 35 heavy (non-hydrogen) atoms. The number of benzene rings is 3. The monoisotopic (exact) mass is 485 g/mol. The van der Waals surface area contributed by atoms with E-state index in [1.54, 1.807) is 28.8 Å². The van der Waals surface area contributed by atoms with Gasteiger partial charge in [-0.05, 0) is 49.2 Å². The summed E-state index contributed by atoms with van der Waals surface area (Å²) in [5, 5.41) is 16.0. The number of nitro benzene ring substituents is 1. The van der Waals surface area contributed by atoms with Crippen molar-refractivity contribution in [3.63, 3.8) is 0 Å². The molecule has 0 aliphatic rings. The van der Waals surface area contributed by atoms with E-state index in [0.717, 1.165) is 16.8 Å². The molecule has 2 heterocycles. The number of rotatable bonds is 6. The summed E-state index contributed by atoms with van der Waals surface area (Å²) < 4.78 is 6.97. The largest absolute Gasteiger partial charge is 0.338 e. The van der Waals surface area contributed by atoms with Crippen LogP contribution in [0.15, 0.2) is 81.2 Å². The molecule has 5 aromatic rings. The molecule has 9 nitrogen and oxygen atoms in total. The normalized spacial score (nSPS) is 11.1. The van der Waals surface area contributed by atoms with Crippen molar-refractivity contribution in [3.8, 4) is 17.1 Å². The molecule has 0 saturated heterocycles. The minimum atomic E-state index is -0.474. The molecule has 0 saturated carbocycles. The third kappa shape index (κ3) is 4.43. The summed E-state index contributed by atoms with van der Waals surface area (Å²) in [7, 11) is 0. The molecule has 0 atom stereocenters. The van der Waals surface area contributed by atoms with Crippen molar-refractivity contribution in [3.05, 3.63) is 104 Å². The van der Waals surface area contributed by atoms with Crippen LogP contribution in [-0.4, -0.2) is 24.6 Å². The van der Waals surface area contributed by atoms with Gasteiger partial charge in [-0.25, -0.2) is 4.98 Å². The van der Waals surface area contributed by atoms with Crippen LogP contribution in [0.2, 0.25) is 0 Å². The maximum Gasteiger partial charge on any atom is 0.270 e. The Morgan fingerprint density at radius 1 is 1.00 bits per heavy atom. The number of hydrogen-bond donors (Lipinski definition) is 0. The summed E-state index contributed by atoms with van der Waals surface area (Å²) in [5.41, 5.74) is 3.78. The summed E-state index contributed by atoms with van der Waals surface area (Å²) in [6.07, 6.45) is 0. The van der Waals surface area contributed by atoms with Crippen molar-refractivity contribution in [2.24, 2.45) is 0 Å². The van der Waals surface area contributed by atoms with Gasteiger partial charge in [-0.15, -0.1) is 0 Å². The van der Waals surface area contributed by atoms with Gasteiger partial charge in [0.05, 0.1) is 27.3 Å². The lowest BCUT2D eigenvalue weighted by Gasteiger charge is -2.14. The van der Waals surface area contributed by atoms with E-state index in [1.165, 1.54) is 23.9 Å². The van der Waals surface area contributed by atoms with Crippen molar-refractivity contribution in [1.82, 2.24) is 19.7 Å². The molecule has 174 valence electrons. The first-order chi connectivity index (χ1) is 16.9. The van der Waals surface area contributed by atoms with Crippen LogP contribution < -0.4 is 5.56 Å². The zero-order chi connectivity index (χ0) is 24.5. The van der Waals surface area contributed by atoms with Crippen molar-refractivity contribution in [1.29, 1.82) is 0 Å². The molecule has 5 rings (SSSR count). The Hall–Kier alpha value is -4.31. The molecule has 0 aliphatic heterocycles. The van der Waals surface area contributed by atoms with Crippen LogP contribution in [0.25, 0.3) is 28.0 Å². The number of aryl methyl sites for hydroxylation is 2. The fourth-order valence-electron chi connectivity index (χ4n) is 3.62. The van der Waals surface area contributed by atoms with Crippen LogP contribution in [0.4, 0.5) is 5.69 Å². The Kier molecular flexibility index (Phi) is 5.87. The Labute approximate surface area is 203 Å². The first-order valence-corrected chi connectivity index (χ1v) is 11.7. The van der Waals surface area contributed by atoms with Crippen LogP contribution in [0.1, 0.15) is 17.0 Å². The number of non-ortho nitro benzene ring substituents is 1. The van der Waals surface area contributed by atoms with Crippen molar-refractivity contribution >= 4 is 28.4 Å². The van der Waals surface area contributed by atoms with E-state index in [-0.39, 0.29) is 22.8 Å². The number of thioether (sulfide) groups is 1. The van der Waals surface area contributed by atoms with Crippen LogP contribution in [0.3, 0.4) is 0 Å². The van der Waals surface area contributed by atoms with E-state index in [9.17, 15) is 14.9 Å². The van der Waals surface area contributed by atoms with E-state index in [0.29, 0.717) is 27.5 Å². The average molecular weight is 486 g/mol. The molecule has 0 aliphatic carbocycles. The van der Waals surface area contributed by atoms with E-state index in [1.807, 2.05) is 44.2 Å². The predicted octanol–water partition coefficient (Wildman–Crippen LogP) is 5.25. The van der Waals surface area contributed by atoms with E-state index in [4.69, 9.17) is 9.51 Å². The number of para-hydroxylation sites is 1. The molecule has 0 radical (unpaired) electrons. The molecule has 0 spiro atoms. The number of aromatic nitrogens is 4. The van der Waals surface area contributed by atoms with Crippen LogP contribution >= 0.6 is 11.8 Å². The first-order valence-electron chi connectivity index (χ1n) is 10.7. The minimum Gasteiger partial charge on any atom is -0.338 e. The Morgan fingerprint density at radius 2 is 1.83 bits per heavy atom. The molecule has 0 fully saturated rings. The van der Waals surface area contributed by atoms with Gasteiger partial charge in [-0.1, -0.05) is 47.3 Å². The first kappa shape index (κ1) is 22.5. The Balaban J connectivity index is 1.50. The molecule has 10 heteroatoms. The van der Waals surface area contributed by atoms with Crippen molar-refractivity contribution in [2.45, 2.75) is 24.8 Å². The predicted molar refractivity (Wildman–Crippen MR) is 133 cm³/mol. The second-order valence-corrected chi connectivity index (χ2v) is 8.87. The van der Waals surface area contributed by atoms with Crippen molar-refractivity contribution in [2.75, 3.05) is 0 Å². The molecule has 2 aromatic heterocycles. The highest BCUT2D eigenvalue weighted by Crippen LogP contribution is 2.27. The number of fused-ring (bicyclic) bond motifs is 1. The van der Waals surface area contributed by atoms with Crippen LogP contribution in [0, 0.1) is 24.0 Å². The smallest absolute Gasteiger partial charge is 0.270 e. The SMILES string of the molecule is Cc1ccc(-n2c(SCc3nc(-c4cccc([N+](=O)[O-])c4)no3)nc3ccccc3c2=O)cc1C. The lowest BCUT2D eigenvalue weighted by atomic mass is 10.1. The molecular weight excluding hydrogens is 466 g/mol. The molecule has 0 N–H and O–H groups in total. The lowest BCUT2D eigenvalue weighted by Crippen LogP contribution is -2.22. The van der Waals surface area contributed by atoms with Gasteiger partial charge in [0.15, 0.2) is 5.16 Å². The summed E-state index contributed by atoms with van der Waals surface area (Å²) in [4.78, 5) is 33.1. The van der Waals surface area contributed by atoms with Crippen LogP contribution in [-0.2, 0) is 5.75 Å². The van der Waals surface area contributed by atoms with Gasteiger partial charge in [-0.2, -0.15) is 4.98 Å². The standard InChI is InChI=1S/C25H19N5O4S/c1-15-10-11-18(12-16(15)2)29-24(31)20-8-3-4-9-21(20)26-25(29)35-14-22-27-23(28-34-22)17-6-5-7-19(13-17)30(32)33/h3-13H,14H2,1-2H3. The molecule has 3 aromatic carbocycles. The Morgan fingerprint density at radius 3 is 2.63 bits per heavy atom. The fraction of sp³-hybridized carbons (Fsp3) is 0.120. The van der Waals surface area contributed by atoms with Gasteiger partial charge in [0, 0.05) is 17.7 Å². The molecular formula is C25H19N5O4S. The van der Waals surface area contributed by atoms with Gasteiger partial charge >= 0.3 is 0 Å². The van der Waals surface area contributed by atoms with Gasteiger partial charge in [-0.3, -0.25) is 19.5 Å². The van der Waals surface area contributed by atoms with Gasteiger partial charge in [0.25, 0.3) is 11.2 Å². The number of hydrogen-bond acceptors (Lipinski definition) is 8. The highest BCUT2D eigenvalue weighted by atomic mass is 32.2. The van der Waals surface area contributed by atoms with Crippen molar-refractivity contribution < 1.29 is 9.45 Å². The fourth-order valence-corrected chi connectivity index (χ4v) is 4.47. The maximum atomic E-state index is 13.4. The second kappa shape index (κ2) is 9.15. The topological polar surface area (TPSA) is 117 Å². The summed E-state index contributed by atoms with van der Waals surface area (Å²) in [5.74, 6) is 0.824. The minimum absolute atomic E-state index is 0.0546. The molecule has 0 amide bonds. The summed E-state index contributed by atoms with van der Waals surface area (Å²) in [6, 6.07) is 19.1. The third-order valence-corrected chi connectivity index (χ3v) is 6.52. The average Bonchev–Trinajstić information content (AvgIpc) is 3.34. The highest BCUT2D eigenvalue weighted by molar-refractivity contribution is 7.98. The van der Waals surface area contributed by atoms with Gasteiger partial charge in [0.1, 0.15) is 0 Å². The maximum absolute atomic E-state index is 13.4. The molecule has 0 unspecified atom stereocenters. The zero-order valence-corrected chi connectivity index (χ0v) is 19.7. The summed E-state index contributed by atoms with van der Waals surface area (Å²) in [6.45, 7) is 4.02.